The van der Waals surface area contributed by atoms with Crippen LogP contribution in [-0.4, -0.2) is 62.1 Å². The Hall–Kier alpha value is -4.23. The summed E-state index contributed by atoms with van der Waals surface area (Å²) in [5.41, 5.74) is 0.139. The predicted octanol–water partition coefficient (Wildman–Crippen LogP) is 1.37. The normalized spacial score (nSPS) is 16.7. The molecule has 1 aliphatic carbocycles. The number of piperazine rings is 1. The number of methoxy groups -OCH3 is 1. The summed E-state index contributed by atoms with van der Waals surface area (Å²) in [5.74, 6) is 0.856. The standard InChI is InChI=1S/C27H30FN3O4.C2HF3O2/c1-5-7-18(8-6-2)16-35-27(33)21-15-31(19-9-10-19)23-20(25(21)32)13-22(28)24(26(23)34-4)30-12-11-29-17(3)14-30;3-2(4,5)1(6)7/h1-2,13,15,17-19,29H,7-12,14,16H2,3-4H3;(H,6,7). The molecule has 2 N–H and O–H groups in total. The van der Waals surface area contributed by atoms with Crippen molar-refractivity contribution in [2.75, 3.05) is 38.3 Å². The minimum absolute atomic E-state index is 0.00885. The molecule has 0 bridgehead atoms. The number of halogens is 4. The molecule has 1 aromatic carbocycles. The summed E-state index contributed by atoms with van der Waals surface area (Å²) in [5, 5.41) is 11.1. The Morgan fingerprint density at radius 1 is 1.24 bits per heavy atom. The molecule has 9 nitrogen and oxygen atoms in total. The number of nitrogens with two attached hydrogens (primary N) is 1. The van der Waals surface area contributed by atoms with Crippen LogP contribution in [0, 0.1) is 36.4 Å². The van der Waals surface area contributed by atoms with Gasteiger partial charge in [0.25, 0.3) is 0 Å². The minimum Gasteiger partial charge on any atom is -0.542 e. The molecule has 1 unspecified atom stereocenters. The number of terminal acetylenes is 2. The number of hydrogen-bond acceptors (Lipinski definition) is 7. The number of pyridine rings is 1. The first-order chi connectivity index (χ1) is 19.8. The highest BCUT2D eigenvalue weighted by Crippen LogP contribution is 2.43. The summed E-state index contributed by atoms with van der Waals surface area (Å²) in [4.78, 5) is 37.1. The lowest BCUT2D eigenvalue weighted by molar-refractivity contribution is -0.687. The van der Waals surface area contributed by atoms with Crippen molar-refractivity contribution in [1.29, 1.82) is 0 Å². The van der Waals surface area contributed by atoms with E-state index in [2.05, 4.69) is 24.1 Å². The third-order valence-electron chi connectivity index (χ3n) is 6.85. The number of aromatic nitrogens is 1. The lowest BCUT2D eigenvalue weighted by Gasteiger charge is -2.33. The molecule has 0 spiro atoms. The summed E-state index contributed by atoms with van der Waals surface area (Å²) in [6.45, 7) is 4.26. The van der Waals surface area contributed by atoms with Crippen LogP contribution in [-0.2, 0) is 9.53 Å². The maximum atomic E-state index is 15.5. The quantitative estimate of drug-likeness (QED) is 0.279. The second kappa shape index (κ2) is 13.6. The van der Waals surface area contributed by atoms with Crippen LogP contribution >= 0.6 is 0 Å². The summed E-state index contributed by atoms with van der Waals surface area (Å²) in [6.07, 6.45) is 9.59. The first-order valence-corrected chi connectivity index (χ1v) is 13.2. The van der Waals surface area contributed by atoms with Crippen molar-refractivity contribution in [3.05, 3.63) is 33.9 Å². The Labute approximate surface area is 239 Å². The number of carbonyl (C=O) groups excluding carboxylic acids is 2. The van der Waals surface area contributed by atoms with Gasteiger partial charge in [-0.2, -0.15) is 13.2 Å². The van der Waals surface area contributed by atoms with Gasteiger partial charge in [0, 0.05) is 31.0 Å². The number of benzene rings is 1. The zero-order valence-corrected chi connectivity index (χ0v) is 23.1. The number of rotatable bonds is 8. The van der Waals surface area contributed by atoms with Crippen LogP contribution in [0.1, 0.15) is 49.0 Å². The molecule has 13 heteroatoms. The maximum Gasteiger partial charge on any atom is 0.430 e. The van der Waals surface area contributed by atoms with Gasteiger partial charge < -0.3 is 34.2 Å². The third-order valence-corrected chi connectivity index (χ3v) is 6.85. The van der Waals surface area contributed by atoms with E-state index in [0.29, 0.717) is 48.9 Å². The molecule has 1 aromatic heterocycles. The molecule has 1 aliphatic heterocycles. The van der Waals surface area contributed by atoms with Gasteiger partial charge in [-0.15, -0.1) is 24.7 Å². The van der Waals surface area contributed by atoms with Crippen LogP contribution in [0.3, 0.4) is 0 Å². The van der Waals surface area contributed by atoms with Crippen molar-refractivity contribution >= 4 is 28.5 Å². The van der Waals surface area contributed by atoms with Crippen molar-refractivity contribution in [2.45, 2.75) is 50.9 Å². The van der Waals surface area contributed by atoms with Crippen LogP contribution in [0.5, 0.6) is 5.75 Å². The molecule has 2 heterocycles. The second-order valence-corrected chi connectivity index (χ2v) is 10.2. The van der Waals surface area contributed by atoms with E-state index < -0.39 is 29.4 Å². The van der Waals surface area contributed by atoms with E-state index in [1.54, 1.807) is 0 Å². The summed E-state index contributed by atoms with van der Waals surface area (Å²) in [7, 11) is 1.48. The van der Waals surface area contributed by atoms with Gasteiger partial charge in [0.05, 0.1) is 44.3 Å². The molecule has 0 amide bonds. The van der Waals surface area contributed by atoms with Crippen molar-refractivity contribution in [3.63, 3.8) is 0 Å². The number of carbonyl (C=O) groups is 2. The van der Waals surface area contributed by atoms with E-state index in [0.717, 1.165) is 19.4 Å². The van der Waals surface area contributed by atoms with Gasteiger partial charge in [-0.25, -0.2) is 9.18 Å². The van der Waals surface area contributed by atoms with Gasteiger partial charge in [0.15, 0.2) is 11.6 Å². The average molecular weight is 594 g/mol. The van der Waals surface area contributed by atoms with E-state index in [4.69, 9.17) is 32.2 Å². The van der Waals surface area contributed by atoms with Crippen molar-refractivity contribution in [1.82, 2.24) is 4.57 Å². The molecule has 226 valence electrons. The molecule has 42 heavy (non-hydrogen) atoms. The highest BCUT2D eigenvalue weighted by Gasteiger charge is 2.33. The lowest BCUT2D eigenvalue weighted by atomic mass is 10.0. The number of carboxylic acids is 1. The van der Waals surface area contributed by atoms with Gasteiger partial charge in [-0.1, -0.05) is 0 Å². The molecular formula is C29H31F4N3O6. The Bertz CT molecular complexity index is 1450. The van der Waals surface area contributed by atoms with Crippen molar-refractivity contribution in [2.24, 2.45) is 5.92 Å². The highest BCUT2D eigenvalue weighted by molar-refractivity contribution is 5.97. The maximum absolute atomic E-state index is 15.5. The number of carboxylic acid groups (broad SMARTS) is 1. The Morgan fingerprint density at radius 2 is 1.86 bits per heavy atom. The Kier molecular flexibility index (Phi) is 10.5. The number of esters is 1. The van der Waals surface area contributed by atoms with Gasteiger partial charge >= 0.3 is 12.1 Å². The van der Waals surface area contributed by atoms with Crippen molar-refractivity contribution < 1.29 is 47.0 Å². The van der Waals surface area contributed by atoms with Crippen LogP contribution in [0.25, 0.3) is 10.9 Å². The third kappa shape index (κ3) is 7.53. The topological polar surface area (TPSA) is 118 Å². The van der Waals surface area contributed by atoms with Crippen molar-refractivity contribution in [3.8, 4) is 30.4 Å². The lowest BCUT2D eigenvalue weighted by Crippen LogP contribution is -2.94. The van der Waals surface area contributed by atoms with Crippen LogP contribution < -0.4 is 25.5 Å². The molecule has 4 rings (SSSR count). The summed E-state index contributed by atoms with van der Waals surface area (Å²) < 4.78 is 60.1. The number of nitrogens with zero attached hydrogens (tertiary/aromatic N) is 2. The van der Waals surface area contributed by atoms with E-state index in [9.17, 15) is 22.8 Å². The first kappa shape index (κ1) is 32.3. The number of fused-ring (bicyclic) bond motifs is 1. The number of quaternary nitrogens is 1. The predicted molar refractivity (Wildman–Crippen MR) is 143 cm³/mol. The van der Waals surface area contributed by atoms with E-state index in [1.165, 1.54) is 19.4 Å². The van der Waals surface area contributed by atoms with Crippen LogP contribution in [0.15, 0.2) is 17.1 Å². The molecule has 1 atom stereocenters. The van der Waals surface area contributed by atoms with E-state index in [1.807, 2.05) is 9.47 Å². The fraction of sp³-hybridized carbons (Fsp3) is 0.483. The molecule has 1 saturated heterocycles. The number of anilines is 1. The molecule has 2 aromatic rings. The first-order valence-electron chi connectivity index (χ1n) is 13.2. The second-order valence-electron chi connectivity index (χ2n) is 10.2. The number of hydrogen-bond donors (Lipinski definition) is 1. The smallest absolute Gasteiger partial charge is 0.430 e. The molecule has 1 saturated carbocycles. The average Bonchev–Trinajstić information content (AvgIpc) is 3.77. The van der Waals surface area contributed by atoms with Gasteiger partial charge in [0.1, 0.15) is 23.3 Å². The Morgan fingerprint density at radius 3 is 2.36 bits per heavy atom. The number of ether oxygens (including phenoxy) is 2. The van der Waals surface area contributed by atoms with Gasteiger partial charge in [-0.05, 0) is 25.8 Å². The SMILES string of the molecule is C#CCC(CC#C)COC(=O)c1cn(C2CC2)c2c(OC)c(N3CC[NH2+]C(C)C3)c(F)cc2c1=O.O=C([O-])C(F)(F)F. The monoisotopic (exact) mass is 593 g/mol. The molecular weight excluding hydrogens is 562 g/mol. The Balaban J connectivity index is 0.000000616. The molecule has 2 aliphatic rings. The van der Waals surface area contributed by atoms with Gasteiger partial charge in [0.2, 0.25) is 5.43 Å². The highest BCUT2D eigenvalue weighted by atomic mass is 19.4. The molecule has 0 radical (unpaired) electrons. The summed E-state index contributed by atoms with van der Waals surface area (Å²) in [6, 6.07) is 1.63. The minimum atomic E-state index is -5.19. The fourth-order valence-corrected chi connectivity index (χ4v) is 4.74. The zero-order valence-electron chi connectivity index (χ0n) is 23.1. The van der Waals surface area contributed by atoms with Gasteiger partial charge in [-0.3, -0.25) is 4.79 Å². The van der Waals surface area contributed by atoms with E-state index >= 15 is 4.39 Å². The fourth-order valence-electron chi connectivity index (χ4n) is 4.74. The largest absolute Gasteiger partial charge is 0.542 e. The number of alkyl halides is 3. The number of aliphatic carboxylic acids is 1. The zero-order chi connectivity index (χ0) is 31.2. The molecule has 2 fully saturated rings. The summed E-state index contributed by atoms with van der Waals surface area (Å²) >= 11 is 0. The van der Waals surface area contributed by atoms with Crippen LogP contribution in [0.2, 0.25) is 0 Å². The van der Waals surface area contributed by atoms with E-state index in [-0.39, 0.29) is 29.5 Å². The van der Waals surface area contributed by atoms with Crippen LogP contribution in [0.4, 0.5) is 23.2 Å².